The fraction of sp³-hybridized carbons (Fsp3) is 0.478. The van der Waals surface area contributed by atoms with Gasteiger partial charge in [-0.15, -0.1) is 0 Å². The number of hydrogen-bond acceptors (Lipinski definition) is 3. The van der Waals surface area contributed by atoms with Crippen molar-refractivity contribution in [1.29, 1.82) is 0 Å². The summed E-state index contributed by atoms with van der Waals surface area (Å²) < 4.78 is 3.97. The van der Waals surface area contributed by atoms with Gasteiger partial charge < -0.3 is 29.6 Å². The number of nitrogens with one attached hydrogen (secondary N) is 3. The Morgan fingerprint density at radius 1 is 0.912 bits per heavy atom. The number of aryl methyl sites for hydroxylation is 2. The maximum Gasteiger partial charge on any atom is 0.279 e. The molecule has 0 radical (unpaired) electrons. The highest BCUT2D eigenvalue weighted by molar-refractivity contribution is 6.05. The van der Waals surface area contributed by atoms with Crippen LogP contribution in [0.5, 0.6) is 0 Å². The molecule has 0 fully saturated rings. The zero-order chi connectivity index (χ0) is 25.5. The Bertz CT molecular complexity index is 1040. The van der Waals surface area contributed by atoms with Gasteiger partial charge in [-0.05, 0) is 32.9 Å². The van der Waals surface area contributed by atoms with Crippen molar-refractivity contribution >= 4 is 34.9 Å². The van der Waals surface area contributed by atoms with Crippen LogP contribution in [0.15, 0.2) is 24.5 Å². The Morgan fingerprint density at radius 3 is 1.91 bits per heavy atom. The molecule has 34 heavy (non-hydrogen) atoms. The molecule has 2 heterocycles. The Kier molecular flexibility index (Phi) is 9.02. The molecule has 11 heteroatoms. The van der Waals surface area contributed by atoms with Crippen LogP contribution in [0.2, 0.25) is 0 Å². The molecule has 186 valence electrons. The van der Waals surface area contributed by atoms with Crippen molar-refractivity contribution in [1.82, 2.24) is 14.5 Å². The van der Waals surface area contributed by atoms with Crippen LogP contribution in [0.1, 0.15) is 48.2 Å². The van der Waals surface area contributed by atoms with Crippen molar-refractivity contribution < 1.29 is 24.3 Å². The minimum absolute atomic E-state index is 0.0872. The first-order valence-corrected chi connectivity index (χ1v) is 11.5. The lowest BCUT2D eigenvalue weighted by Crippen LogP contribution is -2.51. The predicted molar refractivity (Wildman–Crippen MR) is 132 cm³/mol. The van der Waals surface area contributed by atoms with E-state index in [1.54, 1.807) is 47.8 Å². The first kappa shape index (κ1) is 26.7. The van der Waals surface area contributed by atoms with Crippen molar-refractivity contribution in [2.45, 2.75) is 27.2 Å². The first-order chi connectivity index (χ1) is 16.0. The molecule has 0 aliphatic carbocycles. The second-order valence-corrected chi connectivity index (χ2v) is 8.48. The molecule has 0 aliphatic heterocycles. The molecule has 3 amide bonds. The summed E-state index contributed by atoms with van der Waals surface area (Å²) in [7, 11) is 3.45. The van der Waals surface area contributed by atoms with Crippen LogP contribution in [-0.2, 0) is 18.9 Å². The lowest BCUT2D eigenvalue weighted by Gasteiger charge is -2.34. The van der Waals surface area contributed by atoms with Crippen LogP contribution < -0.4 is 27.1 Å². The molecular formula is C23H38N8O3+2. The molecule has 0 aromatic carbocycles. The van der Waals surface area contributed by atoms with Gasteiger partial charge in [-0.3, -0.25) is 25.5 Å². The first-order valence-electron chi connectivity index (χ1n) is 11.5. The van der Waals surface area contributed by atoms with E-state index >= 15 is 0 Å². The van der Waals surface area contributed by atoms with Gasteiger partial charge in [0.05, 0.1) is 37.4 Å². The average molecular weight is 475 g/mol. The third-order valence-corrected chi connectivity index (χ3v) is 6.21. The minimum Gasteiger partial charge on any atom is -0.350 e. The Labute approximate surface area is 200 Å². The molecule has 0 saturated carbocycles. The normalized spacial score (nSPS) is 11.2. The van der Waals surface area contributed by atoms with E-state index in [1.807, 2.05) is 0 Å². The van der Waals surface area contributed by atoms with E-state index in [2.05, 4.69) is 36.7 Å². The topological polar surface area (TPSA) is 149 Å². The molecule has 2 aromatic heterocycles. The summed E-state index contributed by atoms with van der Waals surface area (Å²) in [6.07, 6.45) is 3.73. The molecule has 2 rings (SSSR count). The van der Waals surface area contributed by atoms with Gasteiger partial charge >= 0.3 is 0 Å². The smallest absolute Gasteiger partial charge is 0.279 e. The fourth-order valence-corrected chi connectivity index (χ4v) is 3.83. The van der Waals surface area contributed by atoms with Crippen molar-refractivity contribution in [3.8, 4) is 0 Å². The number of nitrogens with zero attached hydrogens (tertiary/aromatic N) is 3. The third-order valence-electron chi connectivity index (χ3n) is 6.21. The molecular weight excluding hydrogens is 436 g/mol. The fourth-order valence-electron chi connectivity index (χ4n) is 3.83. The number of carbonyl (C=O) groups is 3. The summed E-state index contributed by atoms with van der Waals surface area (Å²) in [6.45, 7) is 9.57. The summed E-state index contributed by atoms with van der Waals surface area (Å²) in [4.78, 5) is 37.8. The van der Waals surface area contributed by atoms with Gasteiger partial charge in [-0.1, -0.05) is 0 Å². The SMILES string of the molecule is CC[N+](CC)(CC)CC(=O)Nc1cc(C(=O)Nc2cc(C(=O)NCCC(N)=[NH2+])n(C)c2)n(C)c1. The van der Waals surface area contributed by atoms with E-state index in [1.165, 1.54) is 0 Å². The van der Waals surface area contributed by atoms with Gasteiger partial charge in [0.1, 0.15) is 11.4 Å². The quantitative estimate of drug-likeness (QED) is 0.163. The summed E-state index contributed by atoms with van der Waals surface area (Å²) in [5, 5.41) is 13.8. The van der Waals surface area contributed by atoms with Crippen molar-refractivity contribution in [3.63, 3.8) is 0 Å². The van der Waals surface area contributed by atoms with Crippen LogP contribution in [0, 0.1) is 0 Å². The van der Waals surface area contributed by atoms with Crippen LogP contribution >= 0.6 is 0 Å². The highest BCUT2D eigenvalue weighted by Crippen LogP contribution is 2.18. The second-order valence-electron chi connectivity index (χ2n) is 8.48. The Balaban J connectivity index is 2.04. The van der Waals surface area contributed by atoms with E-state index in [0.29, 0.717) is 46.8 Å². The van der Waals surface area contributed by atoms with E-state index < -0.39 is 0 Å². The molecule has 0 atom stereocenters. The van der Waals surface area contributed by atoms with Gasteiger partial charge in [0.2, 0.25) is 5.84 Å². The molecule has 2 aromatic rings. The van der Waals surface area contributed by atoms with Crippen LogP contribution in [-0.4, -0.2) is 69.9 Å². The standard InChI is InChI=1S/C23H36N8O3/c1-6-31(7-2,8-3)15-21(32)27-16-11-19(30(5)13-16)23(34)28-17-12-18(29(4)14-17)22(33)26-10-9-20(24)25/h11-14H,6-10,15H2,1-5H3,(H5-,24,25,26,27,28,32,33,34)/p+2. The number of nitrogens with two attached hydrogens (primary N) is 2. The number of rotatable bonds is 12. The molecule has 0 aliphatic rings. The van der Waals surface area contributed by atoms with Gasteiger partial charge in [-0.25, -0.2) is 0 Å². The second kappa shape index (κ2) is 11.5. The van der Waals surface area contributed by atoms with Crippen molar-refractivity contribution in [2.24, 2.45) is 19.8 Å². The molecule has 7 N–H and O–H groups in total. The number of aromatic nitrogens is 2. The molecule has 11 nitrogen and oxygen atoms in total. The lowest BCUT2D eigenvalue weighted by molar-refractivity contribution is -0.915. The number of likely N-dealkylation sites (N-methyl/N-ethyl adjacent to an activating group) is 1. The molecule has 0 saturated heterocycles. The zero-order valence-electron chi connectivity index (χ0n) is 20.8. The van der Waals surface area contributed by atoms with Crippen LogP contribution in [0.25, 0.3) is 0 Å². The Hall–Kier alpha value is -3.60. The van der Waals surface area contributed by atoms with Crippen LogP contribution in [0.4, 0.5) is 11.4 Å². The van der Waals surface area contributed by atoms with Crippen LogP contribution in [0.3, 0.4) is 0 Å². The maximum absolute atomic E-state index is 12.9. The third kappa shape index (κ3) is 6.70. The van der Waals surface area contributed by atoms with Gasteiger partial charge in [0.15, 0.2) is 6.54 Å². The van der Waals surface area contributed by atoms with Crippen molar-refractivity contribution in [3.05, 3.63) is 35.9 Å². The van der Waals surface area contributed by atoms with Gasteiger partial charge in [0, 0.05) is 33.0 Å². The summed E-state index contributed by atoms with van der Waals surface area (Å²) >= 11 is 0. The summed E-state index contributed by atoms with van der Waals surface area (Å²) in [6, 6.07) is 3.22. The maximum atomic E-state index is 12.9. The number of carbonyl (C=O) groups excluding carboxylic acids is 3. The van der Waals surface area contributed by atoms with Crippen molar-refractivity contribution in [2.75, 3.05) is 43.4 Å². The van der Waals surface area contributed by atoms with Gasteiger partial charge in [-0.2, -0.15) is 0 Å². The lowest BCUT2D eigenvalue weighted by atomic mass is 10.3. The average Bonchev–Trinajstić information content (AvgIpc) is 3.33. The number of quaternary nitrogens is 1. The number of amides is 3. The monoisotopic (exact) mass is 474 g/mol. The van der Waals surface area contributed by atoms with Gasteiger partial charge in [0.25, 0.3) is 17.7 Å². The highest BCUT2D eigenvalue weighted by Gasteiger charge is 2.25. The minimum atomic E-state index is -0.355. The molecule has 0 spiro atoms. The molecule has 0 bridgehead atoms. The summed E-state index contributed by atoms with van der Waals surface area (Å²) in [5.41, 5.74) is 7.21. The molecule has 0 unspecified atom stereocenters. The van der Waals surface area contributed by atoms with E-state index in [9.17, 15) is 14.4 Å². The summed E-state index contributed by atoms with van der Waals surface area (Å²) in [5.74, 6) is -0.491. The zero-order valence-corrected chi connectivity index (χ0v) is 20.8. The number of hydrogen-bond donors (Lipinski definition) is 5. The largest absolute Gasteiger partial charge is 0.350 e. The number of amidine groups is 1. The highest BCUT2D eigenvalue weighted by atomic mass is 16.2. The van der Waals surface area contributed by atoms with E-state index in [4.69, 9.17) is 11.1 Å². The number of anilines is 2. The van der Waals surface area contributed by atoms with E-state index in [0.717, 1.165) is 19.6 Å². The predicted octanol–water partition coefficient (Wildman–Crippen LogP) is -0.333. The Morgan fingerprint density at radius 2 is 1.41 bits per heavy atom. The van der Waals surface area contributed by atoms with E-state index in [-0.39, 0.29) is 23.6 Å².